The summed E-state index contributed by atoms with van der Waals surface area (Å²) in [6, 6.07) is 13.7. The first-order chi connectivity index (χ1) is 11.8. The molecule has 2 aromatic carbocycles. The molecular formula is C19H21ClN2O3. The van der Waals surface area contributed by atoms with Crippen LogP contribution >= 0.6 is 11.6 Å². The highest BCUT2D eigenvalue weighted by molar-refractivity contribution is 6.30. The molecule has 0 aliphatic heterocycles. The van der Waals surface area contributed by atoms with Gasteiger partial charge in [-0.05, 0) is 55.8 Å². The Balaban J connectivity index is 1.94. The Morgan fingerprint density at radius 3 is 2.20 bits per heavy atom. The molecule has 0 unspecified atom stereocenters. The lowest BCUT2D eigenvalue weighted by molar-refractivity contribution is -0.122. The molecule has 0 aliphatic rings. The van der Waals surface area contributed by atoms with Gasteiger partial charge in [-0.15, -0.1) is 0 Å². The Labute approximate surface area is 152 Å². The van der Waals surface area contributed by atoms with Crippen LogP contribution in [0.25, 0.3) is 0 Å². The molecule has 0 atom stereocenters. The summed E-state index contributed by atoms with van der Waals surface area (Å²) in [4.78, 5) is 24.1. The van der Waals surface area contributed by atoms with Crippen molar-refractivity contribution in [3.8, 4) is 0 Å². The summed E-state index contributed by atoms with van der Waals surface area (Å²) < 4.78 is 0. The van der Waals surface area contributed by atoms with Crippen molar-refractivity contribution in [2.45, 2.75) is 25.8 Å². The number of nitrogens with one attached hydrogen (secondary N) is 2. The van der Waals surface area contributed by atoms with Crippen LogP contribution in [0.2, 0.25) is 5.02 Å². The lowest BCUT2D eigenvalue weighted by atomic mass is 10.1. The molecule has 0 radical (unpaired) electrons. The molecule has 0 heterocycles. The van der Waals surface area contributed by atoms with Gasteiger partial charge in [0.1, 0.15) is 0 Å². The van der Waals surface area contributed by atoms with Gasteiger partial charge in [0, 0.05) is 16.3 Å². The maximum atomic E-state index is 12.1. The minimum Gasteiger partial charge on any atom is -0.394 e. The maximum absolute atomic E-state index is 12.1. The van der Waals surface area contributed by atoms with Crippen LogP contribution in [0.4, 0.5) is 5.69 Å². The van der Waals surface area contributed by atoms with Crippen molar-refractivity contribution in [2.75, 3.05) is 11.9 Å². The fourth-order valence-electron chi connectivity index (χ4n) is 2.16. The predicted molar refractivity (Wildman–Crippen MR) is 98.9 cm³/mol. The molecule has 2 rings (SSSR count). The van der Waals surface area contributed by atoms with E-state index in [0.29, 0.717) is 16.3 Å². The zero-order valence-electron chi connectivity index (χ0n) is 14.2. The molecule has 2 amide bonds. The van der Waals surface area contributed by atoms with E-state index < -0.39 is 5.54 Å². The summed E-state index contributed by atoms with van der Waals surface area (Å²) in [7, 11) is 0. The average molecular weight is 361 g/mol. The summed E-state index contributed by atoms with van der Waals surface area (Å²) in [5.41, 5.74) is 1.32. The number of hydrogen-bond donors (Lipinski definition) is 3. The topological polar surface area (TPSA) is 78.4 Å². The fourth-order valence-corrected chi connectivity index (χ4v) is 2.28. The molecular weight excluding hydrogens is 340 g/mol. The largest absolute Gasteiger partial charge is 0.394 e. The minimum absolute atomic E-state index is 0.131. The van der Waals surface area contributed by atoms with E-state index in [-0.39, 0.29) is 24.8 Å². The van der Waals surface area contributed by atoms with E-state index in [4.69, 9.17) is 11.6 Å². The average Bonchev–Trinajstić information content (AvgIpc) is 2.56. The van der Waals surface area contributed by atoms with Crippen molar-refractivity contribution in [3.63, 3.8) is 0 Å². The van der Waals surface area contributed by atoms with Crippen molar-refractivity contribution < 1.29 is 14.7 Å². The van der Waals surface area contributed by atoms with Gasteiger partial charge in [-0.1, -0.05) is 23.7 Å². The summed E-state index contributed by atoms with van der Waals surface area (Å²) in [6.07, 6.45) is 0.203. The van der Waals surface area contributed by atoms with Crippen LogP contribution in [0, 0.1) is 0 Å². The number of halogens is 1. The third-order valence-corrected chi connectivity index (χ3v) is 3.81. The van der Waals surface area contributed by atoms with Crippen LogP contribution < -0.4 is 10.6 Å². The molecule has 3 N–H and O–H groups in total. The Bertz CT molecular complexity index is 740. The molecule has 132 valence electrons. The lowest BCUT2D eigenvalue weighted by Gasteiger charge is -2.23. The summed E-state index contributed by atoms with van der Waals surface area (Å²) in [6.45, 7) is 3.37. The van der Waals surface area contributed by atoms with Crippen molar-refractivity contribution in [1.29, 1.82) is 0 Å². The third kappa shape index (κ3) is 5.89. The van der Waals surface area contributed by atoms with Gasteiger partial charge in [-0.2, -0.15) is 0 Å². The van der Waals surface area contributed by atoms with Gasteiger partial charge in [0.05, 0.1) is 18.6 Å². The second-order valence-corrected chi connectivity index (χ2v) is 6.86. The highest BCUT2D eigenvalue weighted by atomic mass is 35.5. The maximum Gasteiger partial charge on any atom is 0.255 e. The number of benzene rings is 2. The standard InChI is InChI=1S/C19H21ClN2O3/c1-19(2,12-23)22-17(24)11-13-3-9-16(10-4-13)21-18(25)14-5-7-15(20)8-6-14/h3-10,23H,11-12H2,1-2H3,(H,21,25)(H,22,24). The second kappa shape index (κ2) is 8.14. The van der Waals surface area contributed by atoms with Crippen LogP contribution in [0.5, 0.6) is 0 Å². The fraction of sp³-hybridized carbons (Fsp3) is 0.263. The van der Waals surface area contributed by atoms with Crippen molar-refractivity contribution in [3.05, 3.63) is 64.7 Å². The summed E-state index contributed by atoms with van der Waals surface area (Å²) in [5, 5.41) is 15.3. The molecule has 0 spiro atoms. The smallest absolute Gasteiger partial charge is 0.255 e. The Kier molecular flexibility index (Phi) is 6.17. The van der Waals surface area contributed by atoms with E-state index in [1.807, 2.05) is 0 Å². The van der Waals surface area contributed by atoms with Gasteiger partial charge >= 0.3 is 0 Å². The van der Waals surface area contributed by atoms with Crippen molar-refractivity contribution in [2.24, 2.45) is 0 Å². The number of anilines is 1. The summed E-state index contributed by atoms with van der Waals surface area (Å²) in [5.74, 6) is -0.399. The summed E-state index contributed by atoms with van der Waals surface area (Å²) >= 11 is 5.81. The van der Waals surface area contributed by atoms with Crippen LogP contribution in [0.3, 0.4) is 0 Å². The molecule has 2 aromatic rings. The Hall–Kier alpha value is -2.37. The number of hydrogen-bond acceptors (Lipinski definition) is 3. The van der Waals surface area contributed by atoms with Gasteiger partial charge in [-0.3, -0.25) is 9.59 Å². The zero-order valence-corrected chi connectivity index (χ0v) is 14.9. The molecule has 0 bridgehead atoms. The SMILES string of the molecule is CC(C)(CO)NC(=O)Cc1ccc(NC(=O)c2ccc(Cl)cc2)cc1. The number of aliphatic hydroxyl groups excluding tert-OH is 1. The van der Waals surface area contributed by atoms with Crippen LogP contribution in [0.15, 0.2) is 48.5 Å². The molecule has 0 aromatic heterocycles. The van der Waals surface area contributed by atoms with Crippen molar-refractivity contribution >= 4 is 29.1 Å². The van der Waals surface area contributed by atoms with Gasteiger partial charge in [0.25, 0.3) is 5.91 Å². The molecule has 0 saturated heterocycles. The molecule has 5 nitrogen and oxygen atoms in total. The molecule has 25 heavy (non-hydrogen) atoms. The van der Waals surface area contributed by atoms with E-state index in [9.17, 15) is 14.7 Å². The van der Waals surface area contributed by atoms with E-state index in [1.54, 1.807) is 62.4 Å². The third-order valence-electron chi connectivity index (χ3n) is 3.56. The van der Waals surface area contributed by atoms with E-state index in [1.165, 1.54) is 0 Å². The van der Waals surface area contributed by atoms with E-state index in [2.05, 4.69) is 10.6 Å². The number of rotatable bonds is 6. The van der Waals surface area contributed by atoms with E-state index >= 15 is 0 Å². The second-order valence-electron chi connectivity index (χ2n) is 6.42. The first-order valence-electron chi connectivity index (χ1n) is 7.87. The highest BCUT2D eigenvalue weighted by Gasteiger charge is 2.19. The van der Waals surface area contributed by atoms with Gasteiger partial charge < -0.3 is 15.7 Å². The van der Waals surface area contributed by atoms with Gasteiger partial charge in [-0.25, -0.2) is 0 Å². The Morgan fingerprint density at radius 2 is 1.64 bits per heavy atom. The molecule has 6 heteroatoms. The number of carbonyl (C=O) groups is 2. The first-order valence-corrected chi connectivity index (χ1v) is 8.24. The molecule has 0 saturated carbocycles. The van der Waals surface area contributed by atoms with Crippen LogP contribution in [-0.4, -0.2) is 29.1 Å². The first kappa shape index (κ1) is 19.0. The number of amides is 2. The number of carbonyl (C=O) groups excluding carboxylic acids is 2. The molecule has 0 aliphatic carbocycles. The lowest BCUT2D eigenvalue weighted by Crippen LogP contribution is -2.46. The normalized spacial score (nSPS) is 11.0. The van der Waals surface area contributed by atoms with Crippen molar-refractivity contribution in [1.82, 2.24) is 5.32 Å². The van der Waals surface area contributed by atoms with Gasteiger partial charge in [0.2, 0.25) is 5.91 Å². The monoisotopic (exact) mass is 360 g/mol. The predicted octanol–water partition coefficient (Wildman–Crippen LogP) is 3.02. The van der Waals surface area contributed by atoms with Crippen LogP contribution in [0.1, 0.15) is 29.8 Å². The minimum atomic E-state index is -0.649. The van der Waals surface area contributed by atoms with E-state index in [0.717, 1.165) is 5.56 Å². The number of aliphatic hydroxyl groups is 1. The Morgan fingerprint density at radius 1 is 1.04 bits per heavy atom. The van der Waals surface area contributed by atoms with Gasteiger partial charge in [0.15, 0.2) is 0 Å². The quantitative estimate of drug-likeness (QED) is 0.741. The van der Waals surface area contributed by atoms with Crippen LogP contribution in [-0.2, 0) is 11.2 Å². The highest BCUT2D eigenvalue weighted by Crippen LogP contribution is 2.14. The zero-order chi connectivity index (χ0) is 18.4. The molecule has 0 fully saturated rings.